The second-order valence-corrected chi connectivity index (χ2v) is 6.35. The predicted octanol–water partition coefficient (Wildman–Crippen LogP) is 0.411. The van der Waals surface area contributed by atoms with Crippen molar-refractivity contribution in [2.75, 3.05) is 10.8 Å². The van der Waals surface area contributed by atoms with E-state index in [0.29, 0.717) is 15.7 Å². The number of benzene rings is 1. The number of hydrogen-bond acceptors (Lipinski definition) is 5. The van der Waals surface area contributed by atoms with Crippen molar-refractivity contribution in [1.82, 2.24) is 14.9 Å². The number of phenols is 1. The summed E-state index contributed by atoms with van der Waals surface area (Å²) in [5, 5.41) is 16.3. The highest BCUT2D eigenvalue weighted by Crippen LogP contribution is 2.38. The molecule has 1 aliphatic heterocycles. The summed E-state index contributed by atoms with van der Waals surface area (Å²) in [4.78, 5) is 11.3. The normalized spacial score (nSPS) is 16.8. The number of aromatic nitrogens is 2. The summed E-state index contributed by atoms with van der Waals surface area (Å²) in [6.45, 7) is 1.10. The quantitative estimate of drug-likeness (QED) is 0.739. The average Bonchev–Trinajstić information content (AvgIpc) is 2.93. The molecule has 2 heterocycles. The molecule has 0 saturated carbocycles. The fourth-order valence-electron chi connectivity index (χ4n) is 2.21. The highest BCUT2D eigenvalue weighted by atomic mass is 32.2. The van der Waals surface area contributed by atoms with Crippen LogP contribution >= 0.6 is 0 Å². The topological polar surface area (TPSA) is 115 Å². The van der Waals surface area contributed by atoms with Gasteiger partial charge >= 0.3 is 10.2 Å². The fourth-order valence-corrected chi connectivity index (χ4v) is 3.37. The van der Waals surface area contributed by atoms with E-state index in [-0.39, 0.29) is 5.56 Å². The summed E-state index contributed by atoms with van der Waals surface area (Å²) >= 11 is 0. The number of aromatic amines is 1. The van der Waals surface area contributed by atoms with Crippen LogP contribution in [-0.2, 0) is 15.0 Å². The third-order valence-corrected chi connectivity index (χ3v) is 4.54. The van der Waals surface area contributed by atoms with Gasteiger partial charge in [-0.1, -0.05) is 0 Å². The van der Waals surface area contributed by atoms with Crippen LogP contribution in [0.2, 0.25) is 0 Å². The lowest BCUT2D eigenvalue weighted by atomic mass is 10.1. The van der Waals surface area contributed by atoms with Gasteiger partial charge in [-0.3, -0.25) is 9.89 Å². The predicted molar refractivity (Wildman–Crippen MR) is 74.8 cm³/mol. The zero-order valence-corrected chi connectivity index (χ0v) is 12.1. The Kier molecular flexibility index (Phi) is 3.06. The second-order valence-electron chi connectivity index (χ2n) is 4.75. The average molecular weight is 326 g/mol. The first-order chi connectivity index (χ1) is 10.3. The monoisotopic (exact) mass is 326 g/mol. The number of aryl methyl sites for hydroxylation is 1. The van der Waals surface area contributed by atoms with Crippen LogP contribution < -0.4 is 9.03 Å². The first-order valence-electron chi connectivity index (χ1n) is 6.17. The molecule has 1 aromatic heterocycles. The zero-order valence-electron chi connectivity index (χ0n) is 11.3. The third-order valence-electron chi connectivity index (χ3n) is 3.16. The molecule has 0 bridgehead atoms. The molecule has 0 radical (unpaired) electrons. The lowest BCUT2D eigenvalue weighted by molar-refractivity contribution is -0.117. The molecule has 1 fully saturated rings. The number of rotatable bonds is 2. The van der Waals surface area contributed by atoms with Gasteiger partial charge in [-0.15, -0.1) is 0 Å². The molecular formula is C12H11FN4O4S. The molecule has 3 N–H and O–H groups in total. The van der Waals surface area contributed by atoms with Crippen LogP contribution in [-0.4, -0.2) is 36.2 Å². The number of carbonyl (C=O) groups excluding carboxylic acids is 1. The van der Waals surface area contributed by atoms with Gasteiger partial charge < -0.3 is 5.11 Å². The highest BCUT2D eigenvalue weighted by Gasteiger charge is 2.38. The number of carbonyl (C=O) groups is 1. The Labute approximate surface area is 124 Å². The maximum absolute atomic E-state index is 14.7. The molecule has 1 aromatic carbocycles. The Morgan fingerprint density at radius 1 is 1.41 bits per heavy atom. The molecule has 22 heavy (non-hydrogen) atoms. The van der Waals surface area contributed by atoms with Gasteiger partial charge in [0.25, 0.3) is 5.91 Å². The molecule has 1 aliphatic rings. The molecule has 0 atom stereocenters. The third kappa shape index (κ3) is 2.17. The summed E-state index contributed by atoms with van der Waals surface area (Å²) in [7, 11) is -4.22. The van der Waals surface area contributed by atoms with E-state index in [1.807, 2.05) is 0 Å². The molecule has 1 saturated heterocycles. The molecule has 10 heteroatoms. The highest BCUT2D eigenvalue weighted by molar-refractivity contribution is 7.92. The molecule has 0 spiro atoms. The minimum absolute atomic E-state index is 0.0305. The molecular weight excluding hydrogens is 315 g/mol. The van der Waals surface area contributed by atoms with E-state index < -0.39 is 39.9 Å². The zero-order chi connectivity index (χ0) is 16.1. The Bertz CT molecular complexity index is 877. The number of nitrogens with one attached hydrogen (secondary N) is 2. The number of H-pyrrole nitrogens is 1. The van der Waals surface area contributed by atoms with Crippen molar-refractivity contribution < 1.29 is 22.7 Å². The Balaban J connectivity index is 2.19. The molecule has 0 unspecified atom stereocenters. The number of hydrogen-bond donors (Lipinski definition) is 3. The van der Waals surface area contributed by atoms with Crippen LogP contribution in [0.25, 0.3) is 11.3 Å². The number of anilines is 1. The molecule has 8 nitrogen and oxygen atoms in total. The fraction of sp³-hybridized carbons (Fsp3) is 0.167. The van der Waals surface area contributed by atoms with E-state index in [2.05, 4.69) is 10.2 Å². The van der Waals surface area contributed by atoms with Crippen LogP contribution in [0.3, 0.4) is 0 Å². The lowest BCUT2D eigenvalue weighted by Gasteiger charge is -2.18. The van der Waals surface area contributed by atoms with Crippen molar-refractivity contribution in [3.05, 3.63) is 29.7 Å². The molecule has 3 rings (SSSR count). The lowest BCUT2D eigenvalue weighted by Crippen LogP contribution is -2.30. The Morgan fingerprint density at radius 3 is 2.68 bits per heavy atom. The maximum Gasteiger partial charge on any atom is 0.326 e. The largest absolute Gasteiger partial charge is 0.506 e. The van der Waals surface area contributed by atoms with Gasteiger partial charge in [-0.2, -0.15) is 13.5 Å². The number of phenolic OH excluding ortho intramolecular Hbond substituents is 1. The summed E-state index contributed by atoms with van der Waals surface area (Å²) in [6, 6.07) is 4.02. The van der Waals surface area contributed by atoms with Crippen molar-refractivity contribution in [2.45, 2.75) is 6.92 Å². The van der Waals surface area contributed by atoms with Gasteiger partial charge in [0, 0.05) is 5.56 Å². The van der Waals surface area contributed by atoms with Crippen molar-refractivity contribution >= 4 is 21.8 Å². The maximum atomic E-state index is 14.7. The first kappa shape index (κ1) is 14.3. The van der Waals surface area contributed by atoms with Crippen LogP contribution in [0, 0.1) is 12.7 Å². The smallest absolute Gasteiger partial charge is 0.326 e. The van der Waals surface area contributed by atoms with Gasteiger partial charge in [0.1, 0.15) is 18.0 Å². The SMILES string of the molecule is Cc1cc(-c2ccc(O)c(N3CC(=O)NS3(=O)=O)c2F)[nH]n1. The number of nitrogens with zero attached hydrogens (tertiary/aromatic N) is 2. The van der Waals surface area contributed by atoms with Gasteiger partial charge in [0.2, 0.25) is 0 Å². The van der Waals surface area contributed by atoms with Gasteiger partial charge in [0.15, 0.2) is 5.82 Å². The van der Waals surface area contributed by atoms with E-state index in [9.17, 15) is 22.7 Å². The summed E-state index contributed by atoms with van der Waals surface area (Å²) in [5.41, 5.74) is 0.396. The Hall–Kier alpha value is -2.62. The van der Waals surface area contributed by atoms with Crippen molar-refractivity contribution in [3.8, 4) is 17.0 Å². The minimum Gasteiger partial charge on any atom is -0.506 e. The standard InChI is InChI=1S/C12H11FN4O4S/c1-6-4-8(15-14-6)7-2-3-9(18)12(11(7)13)17-5-10(19)16-22(17,20)21/h2-4,18H,5H2,1H3,(H,14,15)(H,16,19). The number of aromatic hydroxyl groups is 1. The Morgan fingerprint density at radius 2 is 2.14 bits per heavy atom. The number of amides is 1. The van der Waals surface area contributed by atoms with E-state index in [1.54, 1.807) is 17.7 Å². The van der Waals surface area contributed by atoms with Gasteiger partial charge in [-0.05, 0) is 25.1 Å². The van der Waals surface area contributed by atoms with Gasteiger partial charge in [-0.25, -0.2) is 13.4 Å². The van der Waals surface area contributed by atoms with Crippen molar-refractivity contribution in [1.29, 1.82) is 0 Å². The molecule has 0 aliphatic carbocycles. The summed E-state index contributed by atoms with van der Waals surface area (Å²) in [6.07, 6.45) is 0. The van der Waals surface area contributed by atoms with Gasteiger partial charge in [0.05, 0.1) is 11.4 Å². The van der Waals surface area contributed by atoms with Crippen molar-refractivity contribution in [2.24, 2.45) is 0 Å². The first-order valence-corrected chi connectivity index (χ1v) is 7.61. The van der Waals surface area contributed by atoms with E-state index in [0.717, 1.165) is 6.07 Å². The minimum atomic E-state index is -4.22. The van der Waals surface area contributed by atoms with Crippen molar-refractivity contribution in [3.63, 3.8) is 0 Å². The van der Waals surface area contributed by atoms with E-state index in [1.165, 1.54) is 6.07 Å². The molecule has 116 valence electrons. The van der Waals surface area contributed by atoms with Crippen LogP contribution in [0.4, 0.5) is 10.1 Å². The van der Waals surface area contributed by atoms with Crippen LogP contribution in [0.1, 0.15) is 5.69 Å². The summed E-state index contributed by atoms with van der Waals surface area (Å²) < 4.78 is 40.6. The summed E-state index contributed by atoms with van der Waals surface area (Å²) in [5.74, 6) is -2.36. The van der Waals surface area contributed by atoms with E-state index in [4.69, 9.17) is 0 Å². The molecule has 1 amide bonds. The number of halogens is 1. The van der Waals surface area contributed by atoms with Crippen LogP contribution in [0.5, 0.6) is 5.75 Å². The molecule has 2 aromatic rings. The second kappa shape index (κ2) is 4.70. The van der Waals surface area contributed by atoms with Crippen LogP contribution in [0.15, 0.2) is 18.2 Å². The van der Waals surface area contributed by atoms with E-state index >= 15 is 0 Å².